The molecule has 4 aromatic rings. The summed E-state index contributed by atoms with van der Waals surface area (Å²) in [7, 11) is 0. The quantitative estimate of drug-likeness (QED) is 0.462. The van der Waals surface area contributed by atoms with Gasteiger partial charge in [-0.15, -0.1) is 11.3 Å². The molecule has 1 N–H and O–H groups in total. The number of rotatable bonds is 6. The Labute approximate surface area is 174 Å². The van der Waals surface area contributed by atoms with Crippen LogP contribution < -0.4 is 10.1 Å². The number of aromatic nitrogens is 1. The number of thiazole rings is 1. The number of benzene rings is 3. The zero-order valence-corrected chi connectivity index (χ0v) is 17.3. The number of amides is 1. The first-order valence-electron chi connectivity index (χ1n) is 9.49. The lowest BCUT2D eigenvalue weighted by Gasteiger charge is -2.09. The van der Waals surface area contributed by atoms with Crippen molar-refractivity contribution in [1.82, 2.24) is 4.98 Å². The van der Waals surface area contributed by atoms with Crippen molar-refractivity contribution in [1.29, 1.82) is 0 Å². The average molecular weight is 403 g/mol. The summed E-state index contributed by atoms with van der Waals surface area (Å²) in [5.74, 6) is 0.534. The molecule has 0 aliphatic carbocycles. The fourth-order valence-corrected chi connectivity index (χ4v) is 4.24. The highest BCUT2D eigenvalue weighted by Crippen LogP contribution is 2.24. The van der Waals surface area contributed by atoms with Gasteiger partial charge in [-0.2, -0.15) is 0 Å². The maximum absolute atomic E-state index is 12.2. The molecular formula is C24H22N2O2S. The van der Waals surface area contributed by atoms with Crippen LogP contribution in [0, 0.1) is 13.8 Å². The summed E-state index contributed by atoms with van der Waals surface area (Å²) in [5.41, 5.74) is 5.19. The van der Waals surface area contributed by atoms with E-state index in [4.69, 9.17) is 4.74 Å². The fraction of sp³-hybridized carbons (Fsp3) is 0.167. The maximum atomic E-state index is 12.2. The van der Waals surface area contributed by atoms with E-state index in [1.807, 2.05) is 68.4 Å². The van der Waals surface area contributed by atoms with Crippen LogP contribution in [-0.2, 0) is 11.2 Å². The molecule has 0 atom stereocenters. The molecule has 29 heavy (non-hydrogen) atoms. The van der Waals surface area contributed by atoms with Crippen LogP contribution in [0.15, 0.2) is 66.7 Å². The van der Waals surface area contributed by atoms with Gasteiger partial charge in [0.15, 0.2) is 6.61 Å². The second-order valence-electron chi connectivity index (χ2n) is 7.11. The Bertz CT molecular complexity index is 1100. The number of carbonyl (C=O) groups excluding carboxylic acids is 1. The number of nitrogens with zero attached hydrogens (tertiary/aromatic N) is 1. The third-order valence-corrected chi connectivity index (χ3v) is 5.53. The molecule has 4 nitrogen and oxygen atoms in total. The van der Waals surface area contributed by atoms with Gasteiger partial charge < -0.3 is 10.1 Å². The predicted octanol–water partition coefficient (Wildman–Crippen LogP) is 5.52. The van der Waals surface area contributed by atoms with E-state index in [0.29, 0.717) is 5.75 Å². The first-order chi connectivity index (χ1) is 14.0. The molecule has 5 heteroatoms. The Kier molecular flexibility index (Phi) is 5.58. The SMILES string of the molecule is Cc1cc(C)cc(OCC(=O)Nc2ccc(Cc3nc4ccccc4s3)cc2)c1. The van der Waals surface area contributed by atoms with Crippen molar-refractivity contribution < 1.29 is 9.53 Å². The van der Waals surface area contributed by atoms with Gasteiger partial charge in [-0.3, -0.25) is 4.79 Å². The van der Waals surface area contributed by atoms with Crippen LogP contribution in [0.25, 0.3) is 10.2 Å². The van der Waals surface area contributed by atoms with E-state index in [0.717, 1.165) is 39.3 Å². The van der Waals surface area contributed by atoms with Gasteiger partial charge in [0, 0.05) is 12.1 Å². The van der Waals surface area contributed by atoms with Gasteiger partial charge in [-0.25, -0.2) is 4.98 Å². The summed E-state index contributed by atoms with van der Waals surface area (Å²) < 4.78 is 6.82. The molecule has 0 spiro atoms. The van der Waals surface area contributed by atoms with Crippen LogP contribution in [0.1, 0.15) is 21.7 Å². The number of hydrogen-bond acceptors (Lipinski definition) is 4. The summed E-state index contributed by atoms with van der Waals surface area (Å²) in [4.78, 5) is 16.9. The van der Waals surface area contributed by atoms with Crippen LogP contribution in [-0.4, -0.2) is 17.5 Å². The Hall–Kier alpha value is -3.18. The summed E-state index contributed by atoms with van der Waals surface area (Å²) >= 11 is 1.72. The molecule has 0 radical (unpaired) electrons. The normalized spacial score (nSPS) is 10.8. The topological polar surface area (TPSA) is 51.2 Å². The number of anilines is 1. The zero-order chi connectivity index (χ0) is 20.2. The van der Waals surface area contributed by atoms with Crippen LogP contribution in [0.4, 0.5) is 5.69 Å². The standard InChI is InChI=1S/C24H22N2O2S/c1-16-11-17(2)13-20(12-16)28-15-23(27)25-19-9-7-18(8-10-19)14-24-26-21-5-3-4-6-22(21)29-24/h3-13H,14-15H2,1-2H3,(H,25,27). The fourth-order valence-electron chi connectivity index (χ4n) is 3.24. The third-order valence-electron chi connectivity index (χ3n) is 4.50. The number of ether oxygens (including phenoxy) is 1. The Morgan fingerprint density at radius 2 is 1.72 bits per heavy atom. The lowest BCUT2D eigenvalue weighted by atomic mass is 10.1. The van der Waals surface area contributed by atoms with E-state index in [1.54, 1.807) is 11.3 Å². The molecule has 0 saturated heterocycles. The van der Waals surface area contributed by atoms with E-state index in [-0.39, 0.29) is 12.5 Å². The highest BCUT2D eigenvalue weighted by molar-refractivity contribution is 7.18. The van der Waals surface area contributed by atoms with E-state index in [9.17, 15) is 4.79 Å². The van der Waals surface area contributed by atoms with E-state index < -0.39 is 0 Å². The molecule has 3 aromatic carbocycles. The number of hydrogen-bond donors (Lipinski definition) is 1. The Morgan fingerprint density at radius 1 is 1.00 bits per heavy atom. The van der Waals surface area contributed by atoms with Gasteiger partial charge in [-0.1, -0.05) is 30.3 Å². The molecule has 0 bridgehead atoms. The summed E-state index contributed by atoms with van der Waals surface area (Å²) in [6.07, 6.45) is 0.781. The first kappa shape index (κ1) is 19.2. The smallest absolute Gasteiger partial charge is 0.262 e. The second kappa shape index (κ2) is 8.45. The molecule has 146 valence electrons. The van der Waals surface area contributed by atoms with Crippen LogP contribution >= 0.6 is 11.3 Å². The largest absolute Gasteiger partial charge is 0.484 e. The van der Waals surface area contributed by atoms with Crippen molar-refractivity contribution in [3.63, 3.8) is 0 Å². The van der Waals surface area contributed by atoms with Crippen molar-refractivity contribution in [2.45, 2.75) is 20.3 Å². The van der Waals surface area contributed by atoms with Crippen molar-refractivity contribution in [3.05, 3.63) is 88.4 Å². The predicted molar refractivity (Wildman–Crippen MR) is 119 cm³/mol. The Morgan fingerprint density at radius 3 is 2.45 bits per heavy atom. The van der Waals surface area contributed by atoms with E-state index in [1.165, 1.54) is 4.70 Å². The second-order valence-corrected chi connectivity index (χ2v) is 8.22. The molecule has 0 saturated carbocycles. The van der Waals surface area contributed by atoms with Gasteiger partial charge in [0.05, 0.1) is 15.2 Å². The lowest BCUT2D eigenvalue weighted by molar-refractivity contribution is -0.118. The van der Waals surface area contributed by atoms with Crippen molar-refractivity contribution >= 4 is 33.1 Å². The lowest BCUT2D eigenvalue weighted by Crippen LogP contribution is -2.20. The molecule has 1 aromatic heterocycles. The Balaban J connectivity index is 1.33. The minimum atomic E-state index is -0.178. The molecule has 1 heterocycles. The minimum absolute atomic E-state index is 0.0175. The monoisotopic (exact) mass is 402 g/mol. The molecule has 4 rings (SSSR count). The van der Waals surface area contributed by atoms with Crippen LogP contribution in [0.3, 0.4) is 0 Å². The van der Waals surface area contributed by atoms with Crippen molar-refractivity contribution in [3.8, 4) is 5.75 Å². The first-order valence-corrected chi connectivity index (χ1v) is 10.3. The maximum Gasteiger partial charge on any atom is 0.262 e. The molecule has 1 amide bonds. The summed E-state index contributed by atoms with van der Waals surface area (Å²) in [6, 6.07) is 22.0. The van der Waals surface area contributed by atoms with Gasteiger partial charge in [0.2, 0.25) is 0 Å². The van der Waals surface area contributed by atoms with E-state index >= 15 is 0 Å². The summed E-state index contributed by atoms with van der Waals surface area (Å²) in [5, 5.41) is 3.96. The highest BCUT2D eigenvalue weighted by atomic mass is 32.1. The number of aryl methyl sites for hydroxylation is 2. The van der Waals surface area contributed by atoms with Gasteiger partial charge in [-0.05, 0) is 66.9 Å². The van der Waals surface area contributed by atoms with Gasteiger partial charge in [0.25, 0.3) is 5.91 Å². The molecule has 0 aliphatic rings. The molecular weight excluding hydrogens is 380 g/mol. The number of nitrogens with one attached hydrogen (secondary N) is 1. The molecule has 0 aliphatic heterocycles. The minimum Gasteiger partial charge on any atom is -0.484 e. The van der Waals surface area contributed by atoms with Crippen LogP contribution in [0.5, 0.6) is 5.75 Å². The van der Waals surface area contributed by atoms with Crippen molar-refractivity contribution in [2.75, 3.05) is 11.9 Å². The zero-order valence-electron chi connectivity index (χ0n) is 16.4. The third kappa shape index (κ3) is 5.00. The van der Waals surface area contributed by atoms with Crippen molar-refractivity contribution in [2.24, 2.45) is 0 Å². The van der Waals surface area contributed by atoms with E-state index in [2.05, 4.69) is 22.4 Å². The number of para-hydroxylation sites is 1. The number of fused-ring (bicyclic) bond motifs is 1. The number of carbonyl (C=O) groups is 1. The van der Waals surface area contributed by atoms with Gasteiger partial charge in [0.1, 0.15) is 5.75 Å². The molecule has 0 fully saturated rings. The van der Waals surface area contributed by atoms with Crippen LogP contribution in [0.2, 0.25) is 0 Å². The van der Waals surface area contributed by atoms with Gasteiger partial charge >= 0.3 is 0 Å². The highest BCUT2D eigenvalue weighted by Gasteiger charge is 2.07. The average Bonchev–Trinajstić information content (AvgIpc) is 3.09. The summed E-state index contributed by atoms with van der Waals surface area (Å²) in [6.45, 7) is 4.00. The molecule has 0 unspecified atom stereocenters.